The molecule has 0 radical (unpaired) electrons. The summed E-state index contributed by atoms with van der Waals surface area (Å²) in [5, 5.41) is 6.22. The van der Waals surface area contributed by atoms with Gasteiger partial charge in [-0.1, -0.05) is 17.7 Å². The molecule has 0 bridgehead atoms. The van der Waals surface area contributed by atoms with Gasteiger partial charge in [0.25, 0.3) is 5.91 Å². The number of benzene rings is 2. The largest absolute Gasteiger partial charge is 0.380 e. The van der Waals surface area contributed by atoms with Crippen molar-refractivity contribution < 1.29 is 9.18 Å². The van der Waals surface area contributed by atoms with Gasteiger partial charge in [-0.2, -0.15) is 0 Å². The first-order chi connectivity index (χ1) is 10.0. The number of hydrogen-bond donors (Lipinski definition) is 2. The van der Waals surface area contributed by atoms with Crippen LogP contribution in [0.25, 0.3) is 0 Å². The van der Waals surface area contributed by atoms with E-state index < -0.39 is 0 Å². The van der Waals surface area contributed by atoms with E-state index in [1.165, 1.54) is 6.07 Å². The van der Waals surface area contributed by atoms with Gasteiger partial charge in [0.1, 0.15) is 5.82 Å². The van der Waals surface area contributed by atoms with Gasteiger partial charge in [0.05, 0.1) is 15.2 Å². The Morgan fingerprint density at radius 1 is 1.29 bits per heavy atom. The Hall–Kier alpha value is -1.59. The van der Waals surface area contributed by atoms with E-state index in [4.69, 9.17) is 11.6 Å². The van der Waals surface area contributed by atoms with Crippen LogP contribution in [-0.4, -0.2) is 13.0 Å². The van der Waals surface area contributed by atoms with Crippen molar-refractivity contribution in [3.63, 3.8) is 0 Å². The fraction of sp³-hybridized carbons (Fsp3) is 0.133. The van der Waals surface area contributed by atoms with Crippen molar-refractivity contribution in [1.82, 2.24) is 5.32 Å². The predicted molar refractivity (Wildman–Crippen MR) is 86.3 cm³/mol. The van der Waals surface area contributed by atoms with Crippen molar-refractivity contribution in [2.45, 2.75) is 6.54 Å². The average Bonchev–Trinajstić information content (AvgIpc) is 2.49. The third kappa shape index (κ3) is 3.95. The number of halogens is 3. The van der Waals surface area contributed by atoms with Crippen molar-refractivity contribution in [2.24, 2.45) is 0 Å². The molecule has 2 aromatic rings. The summed E-state index contributed by atoms with van der Waals surface area (Å²) in [5.74, 6) is -0.488. The van der Waals surface area contributed by atoms with Crippen LogP contribution in [0.5, 0.6) is 0 Å². The summed E-state index contributed by atoms with van der Waals surface area (Å²) in [6.07, 6.45) is 0. The lowest BCUT2D eigenvalue weighted by Crippen LogP contribution is -2.17. The molecule has 2 aromatic carbocycles. The minimum atomic E-state index is -0.307. The number of nitrogens with one attached hydrogen (secondary N) is 2. The maximum atomic E-state index is 13.2. The minimum absolute atomic E-state index is 0.181. The molecule has 0 aromatic heterocycles. The Morgan fingerprint density at radius 2 is 2.05 bits per heavy atom. The Labute approximate surface area is 135 Å². The van der Waals surface area contributed by atoms with Gasteiger partial charge in [0.15, 0.2) is 0 Å². The fourth-order valence-corrected chi connectivity index (χ4v) is 2.40. The molecule has 0 spiro atoms. The van der Waals surface area contributed by atoms with E-state index in [2.05, 4.69) is 26.6 Å². The lowest BCUT2D eigenvalue weighted by Gasteiger charge is -2.10. The Kier molecular flexibility index (Phi) is 5.20. The monoisotopic (exact) mass is 370 g/mol. The molecule has 0 saturated heterocycles. The smallest absolute Gasteiger partial charge is 0.251 e. The first kappa shape index (κ1) is 15.8. The highest BCUT2D eigenvalue weighted by Gasteiger charge is 2.08. The second-order valence-corrected chi connectivity index (χ2v) is 5.64. The summed E-state index contributed by atoms with van der Waals surface area (Å²) in [6.45, 7) is 0.468. The zero-order valence-corrected chi connectivity index (χ0v) is 13.6. The number of carbonyl (C=O) groups excluding carboxylic acids is 1. The standard InChI is InChI=1S/C15H13BrClFN2O/c1-19-15(21)10-3-4-12(17)14(7-10)20-8-9-2-5-13(18)11(16)6-9/h2-7,20H,8H2,1H3,(H,19,21). The summed E-state index contributed by atoms with van der Waals surface area (Å²) in [5.41, 5.74) is 2.06. The molecule has 0 aliphatic carbocycles. The molecule has 0 fully saturated rings. The molecule has 6 heteroatoms. The zero-order chi connectivity index (χ0) is 15.4. The summed E-state index contributed by atoms with van der Waals surface area (Å²) < 4.78 is 13.6. The summed E-state index contributed by atoms with van der Waals surface area (Å²) in [7, 11) is 1.57. The average molecular weight is 372 g/mol. The molecule has 0 aliphatic heterocycles. The van der Waals surface area contributed by atoms with Crippen molar-refractivity contribution in [2.75, 3.05) is 12.4 Å². The minimum Gasteiger partial charge on any atom is -0.380 e. The summed E-state index contributed by atoms with van der Waals surface area (Å²) >= 11 is 9.25. The van der Waals surface area contributed by atoms with Gasteiger partial charge < -0.3 is 10.6 Å². The lowest BCUT2D eigenvalue weighted by atomic mass is 10.1. The molecular weight excluding hydrogens is 359 g/mol. The molecule has 3 nitrogen and oxygen atoms in total. The molecular formula is C15H13BrClFN2O. The number of anilines is 1. The van der Waals surface area contributed by atoms with E-state index in [0.29, 0.717) is 27.3 Å². The SMILES string of the molecule is CNC(=O)c1ccc(Cl)c(NCc2ccc(F)c(Br)c2)c1. The van der Waals surface area contributed by atoms with Gasteiger partial charge >= 0.3 is 0 Å². The van der Waals surface area contributed by atoms with Crippen LogP contribution in [0.2, 0.25) is 5.02 Å². The highest BCUT2D eigenvalue weighted by atomic mass is 79.9. The predicted octanol–water partition coefficient (Wildman–Crippen LogP) is 4.21. The van der Waals surface area contributed by atoms with Gasteiger partial charge in [-0.05, 0) is 51.8 Å². The first-order valence-corrected chi connectivity index (χ1v) is 7.38. The Bertz CT molecular complexity index is 679. The van der Waals surface area contributed by atoms with Crippen LogP contribution in [0, 0.1) is 5.82 Å². The normalized spacial score (nSPS) is 10.3. The number of rotatable bonds is 4. The van der Waals surface area contributed by atoms with Crippen molar-refractivity contribution in [3.05, 3.63) is 62.8 Å². The molecule has 2 N–H and O–H groups in total. The van der Waals surface area contributed by atoms with Crippen molar-refractivity contribution in [1.29, 1.82) is 0 Å². The van der Waals surface area contributed by atoms with Crippen LogP contribution in [0.15, 0.2) is 40.9 Å². The molecule has 1 amide bonds. The van der Waals surface area contributed by atoms with Gasteiger partial charge in [0.2, 0.25) is 0 Å². The van der Waals surface area contributed by atoms with Crippen LogP contribution in [-0.2, 0) is 6.54 Å². The van der Waals surface area contributed by atoms with Crippen molar-refractivity contribution in [3.8, 4) is 0 Å². The van der Waals surface area contributed by atoms with E-state index in [9.17, 15) is 9.18 Å². The third-order valence-electron chi connectivity index (χ3n) is 2.92. The highest BCUT2D eigenvalue weighted by molar-refractivity contribution is 9.10. The maximum absolute atomic E-state index is 13.2. The molecule has 110 valence electrons. The van der Waals surface area contributed by atoms with Gasteiger partial charge in [0, 0.05) is 19.2 Å². The van der Waals surface area contributed by atoms with E-state index in [0.717, 1.165) is 5.56 Å². The van der Waals surface area contributed by atoms with Crippen LogP contribution in [0.3, 0.4) is 0 Å². The molecule has 0 atom stereocenters. The fourth-order valence-electron chi connectivity index (χ4n) is 1.79. The molecule has 21 heavy (non-hydrogen) atoms. The second-order valence-electron chi connectivity index (χ2n) is 4.38. The highest BCUT2D eigenvalue weighted by Crippen LogP contribution is 2.24. The van der Waals surface area contributed by atoms with Crippen LogP contribution in [0.4, 0.5) is 10.1 Å². The van der Waals surface area contributed by atoms with Crippen LogP contribution < -0.4 is 10.6 Å². The molecule has 0 heterocycles. The molecule has 0 unspecified atom stereocenters. The van der Waals surface area contributed by atoms with E-state index >= 15 is 0 Å². The van der Waals surface area contributed by atoms with E-state index in [-0.39, 0.29) is 11.7 Å². The maximum Gasteiger partial charge on any atom is 0.251 e. The number of carbonyl (C=O) groups is 1. The van der Waals surface area contributed by atoms with Gasteiger partial charge in [-0.25, -0.2) is 4.39 Å². The first-order valence-electron chi connectivity index (χ1n) is 6.20. The van der Waals surface area contributed by atoms with Gasteiger partial charge in [-0.15, -0.1) is 0 Å². The lowest BCUT2D eigenvalue weighted by molar-refractivity contribution is 0.0963. The summed E-state index contributed by atoms with van der Waals surface area (Å²) in [4.78, 5) is 11.6. The van der Waals surface area contributed by atoms with Crippen LogP contribution in [0.1, 0.15) is 15.9 Å². The third-order valence-corrected chi connectivity index (χ3v) is 3.86. The zero-order valence-electron chi connectivity index (χ0n) is 11.2. The van der Waals surface area contributed by atoms with E-state index in [1.807, 2.05) is 0 Å². The number of hydrogen-bond acceptors (Lipinski definition) is 2. The van der Waals surface area contributed by atoms with Crippen molar-refractivity contribution >= 4 is 39.1 Å². The van der Waals surface area contributed by atoms with Crippen LogP contribution >= 0.6 is 27.5 Å². The second kappa shape index (κ2) is 6.91. The van der Waals surface area contributed by atoms with Gasteiger partial charge in [-0.3, -0.25) is 4.79 Å². The summed E-state index contributed by atoms with van der Waals surface area (Å²) in [6, 6.07) is 9.77. The quantitative estimate of drug-likeness (QED) is 0.845. The Balaban J connectivity index is 2.15. The molecule has 0 aliphatic rings. The molecule has 2 rings (SSSR count). The number of amides is 1. The molecule has 0 saturated carbocycles. The Morgan fingerprint density at radius 3 is 2.71 bits per heavy atom. The topological polar surface area (TPSA) is 41.1 Å². The van der Waals surface area contributed by atoms with E-state index in [1.54, 1.807) is 37.4 Å².